The minimum Gasteiger partial charge on any atom is -0.344 e. The first-order valence-electron chi connectivity index (χ1n) is 5.64. The van der Waals surface area contributed by atoms with Gasteiger partial charge in [0.1, 0.15) is 11.6 Å². The van der Waals surface area contributed by atoms with Crippen LogP contribution in [0, 0.1) is 5.82 Å². The van der Waals surface area contributed by atoms with Gasteiger partial charge in [-0.25, -0.2) is 9.37 Å². The largest absolute Gasteiger partial charge is 0.344 e. The van der Waals surface area contributed by atoms with Crippen molar-refractivity contribution in [3.63, 3.8) is 0 Å². The molecule has 1 unspecified atom stereocenters. The first-order valence-corrected chi connectivity index (χ1v) is 5.64. The van der Waals surface area contributed by atoms with Crippen LogP contribution in [0.5, 0.6) is 0 Å². The summed E-state index contributed by atoms with van der Waals surface area (Å²) in [4.78, 5) is 7.53. The van der Waals surface area contributed by atoms with Crippen LogP contribution in [0.4, 0.5) is 4.39 Å². The van der Waals surface area contributed by atoms with Crippen LogP contribution in [0.3, 0.4) is 0 Å². The van der Waals surface area contributed by atoms with Gasteiger partial charge in [0.05, 0.1) is 5.69 Å². The lowest BCUT2D eigenvalue weighted by atomic mass is 10.1. The van der Waals surface area contributed by atoms with E-state index >= 15 is 0 Å². The van der Waals surface area contributed by atoms with E-state index in [1.807, 2.05) is 19.3 Å². The molecule has 1 atom stereocenters. The minimum absolute atomic E-state index is 0.210. The molecule has 3 nitrogen and oxygen atoms in total. The van der Waals surface area contributed by atoms with Crippen molar-refractivity contribution < 1.29 is 4.39 Å². The second-order valence-corrected chi connectivity index (χ2v) is 4.10. The van der Waals surface area contributed by atoms with E-state index in [-0.39, 0.29) is 11.9 Å². The van der Waals surface area contributed by atoms with Crippen LogP contribution < -0.4 is 5.32 Å². The number of halogens is 1. The lowest BCUT2D eigenvalue weighted by Crippen LogP contribution is -2.12. The molecule has 0 fully saturated rings. The van der Waals surface area contributed by atoms with Gasteiger partial charge in [0, 0.05) is 18.7 Å². The Morgan fingerprint density at radius 1 is 1.47 bits per heavy atom. The predicted octanol–water partition coefficient (Wildman–Crippen LogP) is 2.42. The summed E-state index contributed by atoms with van der Waals surface area (Å²) in [5.41, 5.74) is 1.96. The fraction of sp³-hybridized carbons (Fsp3) is 0.308. The number of hydrogen-bond acceptors (Lipinski definition) is 2. The van der Waals surface area contributed by atoms with Gasteiger partial charge in [-0.1, -0.05) is 12.1 Å². The van der Waals surface area contributed by atoms with E-state index in [4.69, 9.17) is 0 Å². The summed E-state index contributed by atoms with van der Waals surface area (Å²) >= 11 is 0. The second kappa shape index (κ2) is 5.10. The second-order valence-electron chi connectivity index (χ2n) is 4.10. The first-order chi connectivity index (χ1) is 8.19. The molecule has 90 valence electrons. The molecule has 0 aliphatic heterocycles. The summed E-state index contributed by atoms with van der Waals surface area (Å²) in [6, 6.07) is 6.82. The van der Waals surface area contributed by atoms with Crippen LogP contribution in [0.2, 0.25) is 0 Å². The maximum atomic E-state index is 13.0. The minimum atomic E-state index is -0.210. The van der Waals surface area contributed by atoms with E-state index < -0.39 is 0 Å². The Bertz CT molecular complexity index is 493. The molecule has 2 aromatic rings. The molecule has 4 heteroatoms. The summed E-state index contributed by atoms with van der Waals surface area (Å²) < 4.78 is 13.0. The van der Waals surface area contributed by atoms with E-state index in [9.17, 15) is 4.39 Å². The molecule has 0 saturated heterocycles. The van der Waals surface area contributed by atoms with E-state index in [1.54, 1.807) is 6.07 Å². The van der Waals surface area contributed by atoms with Gasteiger partial charge in [0.2, 0.25) is 0 Å². The Balaban J connectivity index is 2.11. The van der Waals surface area contributed by atoms with Crippen LogP contribution in [0.1, 0.15) is 30.0 Å². The van der Waals surface area contributed by atoms with Crippen LogP contribution >= 0.6 is 0 Å². The number of hydrogen-bond donors (Lipinski definition) is 2. The monoisotopic (exact) mass is 233 g/mol. The zero-order valence-corrected chi connectivity index (χ0v) is 10.00. The highest BCUT2D eigenvalue weighted by molar-refractivity contribution is 5.21. The number of rotatable bonds is 4. The molecule has 2 N–H and O–H groups in total. The molecule has 0 amide bonds. The summed E-state index contributed by atoms with van der Waals surface area (Å²) in [5.74, 6) is 0.644. The molecular formula is C13H16FN3. The number of H-pyrrole nitrogens is 1. The average molecular weight is 233 g/mol. The van der Waals surface area contributed by atoms with E-state index in [0.717, 1.165) is 17.1 Å². The Labute approximate surface area is 100 Å². The molecule has 1 aromatic heterocycles. The third-order valence-electron chi connectivity index (χ3n) is 2.81. The van der Waals surface area contributed by atoms with Gasteiger partial charge in [0.15, 0.2) is 0 Å². The van der Waals surface area contributed by atoms with Crippen molar-refractivity contribution in [2.24, 2.45) is 0 Å². The van der Waals surface area contributed by atoms with Crippen LogP contribution in [0.25, 0.3) is 0 Å². The Kier molecular flexibility index (Phi) is 3.54. The summed E-state index contributed by atoms with van der Waals surface area (Å²) in [6.07, 6.45) is 2.43. The van der Waals surface area contributed by atoms with Crippen molar-refractivity contribution in [2.45, 2.75) is 19.4 Å². The van der Waals surface area contributed by atoms with Gasteiger partial charge < -0.3 is 10.3 Å². The highest BCUT2D eigenvalue weighted by Gasteiger charge is 2.07. The molecule has 0 bridgehead atoms. The van der Waals surface area contributed by atoms with E-state index in [2.05, 4.69) is 22.2 Å². The van der Waals surface area contributed by atoms with Crippen molar-refractivity contribution in [1.82, 2.24) is 15.3 Å². The van der Waals surface area contributed by atoms with Crippen molar-refractivity contribution in [2.75, 3.05) is 7.05 Å². The Hall–Kier alpha value is -1.68. The van der Waals surface area contributed by atoms with Gasteiger partial charge in [0.25, 0.3) is 0 Å². The molecule has 1 aromatic carbocycles. The van der Waals surface area contributed by atoms with Gasteiger partial charge >= 0.3 is 0 Å². The first kappa shape index (κ1) is 11.8. The zero-order valence-electron chi connectivity index (χ0n) is 10.00. The highest BCUT2D eigenvalue weighted by atomic mass is 19.1. The maximum Gasteiger partial charge on any atom is 0.123 e. The normalized spacial score (nSPS) is 12.6. The lowest BCUT2D eigenvalue weighted by molar-refractivity contribution is 0.625. The van der Waals surface area contributed by atoms with Gasteiger partial charge in [-0.3, -0.25) is 0 Å². The summed E-state index contributed by atoms with van der Waals surface area (Å²) in [5, 5.41) is 3.14. The Morgan fingerprint density at radius 3 is 3.00 bits per heavy atom. The molecule has 0 radical (unpaired) electrons. The fourth-order valence-corrected chi connectivity index (χ4v) is 1.68. The summed E-state index contributed by atoms with van der Waals surface area (Å²) in [7, 11) is 1.90. The molecule has 17 heavy (non-hydrogen) atoms. The number of nitrogens with one attached hydrogen (secondary N) is 2. The van der Waals surface area contributed by atoms with E-state index in [0.29, 0.717) is 6.42 Å². The average Bonchev–Trinajstić information content (AvgIpc) is 2.76. The van der Waals surface area contributed by atoms with Crippen LogP contribution in [-0.2, 0) is 6.42 Å². The predicted molar refractivity (Wildman–Crippen MR) is 65.3 cm³/mol. The van der Waals surface area contributed by atoms with Gasteiger partial charge in [-0.05, 0) is 31.7 Å². The topological polar surface area (TPSA) is 40.7 Å². The molecule has 0 saturated carbocycles. The maximum absolute atomic E-state index is 13.0. The Morgan fingerprint density at radius 2 is 2.29 bits per heavy atom. The standard InChI is InChI=1S/C13H16FN3/c1-9(15-2)12-8-16-13(17-12)7-10-4-3-5-11(14)6-10/h3-6,8-9,15H,7H2,1-2H3,(H,16,17). The van der Waals surface area contributed by atoms with Gasteiger partial charge in [-0.15, -0.1) is 0 Å². The number of nitrogens with zero attached hydrogens (tertiary/aromatic N) is 1. The smallest absolute Gasteiger partial charge is 0.123 e. The van der Waals surface area contributed by atoms with Crippen LogP contribution in [0.15, 0.2) is 30.5 Å². The van der Waals surface area contributed by atoms with E-state index in [1.165, 1.54) is 12.1 Å². The number of benzene rings is 1. The summed E-state index contributed by atoms with van der Waals surface area (Å²) in [6.45, 7) is 2.06. The number of aromatic amines is 1. The number of aromatic nitrogens is 2. The fourth-order valence-electron chi connectivity index (χ4n) is 1.68. The third kappa shape index (κ3) is 2.91. The van der Waals surface area contributed by atoms with Crippen molar-refractivity contribution in [3.05, 3.63) is 53.4 Å². The highest BCUT2D eigenvalue weighted by Crippen LogP contribution is 2.12. The SMILES string of the molecule is CNC(C)c1cnc(Cc2cccc(F)c2)[nH]1. The molecule has 1 heterocycles. The number of imidazole rings is 1. The molecule has 0 spiro atoms. The molecule has 2 rings (SSSR count). The van der Waals surface area contributed by atoms with Gasteiger partial charge in [-0.2, -0.15) is 0 Å². The zero-order chi connectivity index (χ0) is 12.3. The van der Waals surface area contributed by atoms with Crippen molar-refractivity contribution in [3.8, 4) is 0 Å². The van der Waals surface area contributed by atoms with Crippen molar-refractivity contribution in [1.29, 1.82) is 0 Å². The molecule has 0 aliphatic carbocycles. The third-order valence-corrected chi connectivity index (χ3v) is 2.81. The quantitative estimate of drug-likeness (QED) is 0.851. The lowest BCUT2D eigenvalue weighted by Gasteiger charge is -2.06. The van der Waals surface area contributed by atoms with Crippen molar-refractivity contribution >= 4 is 0 Å². The van der Waals surface area contributed by atoms with Crippen LogP contribution in [-0.4, -0.2) is 17.0 Å². The molecular weight excluding hydrogens is 217 g/mol. The molecule has 0 aliphatic rings.